The van der Waals surface area contributed by atoms with Gasteiger partial charge in [0, 0.05) is 53.1 Å². The topological polar surface area (TPSA) is 82.3 Å². The highest BCUT2D eigenvalue weighted by molar-refractivity contribution is 5.75. The quantitative estimate of drug-likeness (QED) is 0.420. The average Bonchev–Trinajstić information content (AvgIpc) is 2.43. The first-order valence-electron chi connectivity index (χ1n) is 6.53. The summed E-state index contributed by atoms with van der Waals surface area (Å²) in [5, 5.41) is 11.4. The van der Waals surface area contributed by atoms with Crippen molar-refractivity contribution in [2.75, 3.05) is 40.3 Å². The molecule has 0 aliphatic rings. The first kappa shape index (κ1) is 19.2. The minimum absolute atomic E-state index is 0.0417. The van der Waals surface area contributed by atoms with Crippen LogP contribution in [0.4, 0.5) is 0 Å². The number of hydrogen-bond donors (Lipinski definition) is 4. The van der Waals surface area contributed by atoms with Crippen LogP contribution >= 0.6 is 0 Å². The number of carbonyl (C=O) groups is 2. The smallest absolute Gasteiger partial charge is 0.221 e. The first-order valence-corrected chi connectivity index (χ1v) is 6.53. The molecule has 6 nitrogen and oxygen atoms in total. The molecule has 18 heavy (non-hydrogen) atoms. The highest BCUT2D eigenvalue weighted by Crippen LogP contribution is 1.76. The van der Waals surface area contributed by atoms with Crippen molar-refractivity contribution in [3.63, 3.8) is 0 Å². The Morgan fingerprint density at radius 1 is 0.722 bits per heavy atom. The summed E-state index contributed by atoms with van der Waals surface area (Å²) in [4.78, 5) is 21.7. The molecule has 0 aromatic heterocycles. The fourth-order valence-electron chi connectivity index (χ4n) is 1.08. The van der Waals surface area contributed by atoms with Crippen LogP contribution in [0.5, 0.6) is 0 Å². The van der Waals surface area contributed by atoms with Crippen LogP contribution in [0.3, 0.4) is 0 Å². The van der Waals surface area contributed by atoms with Crippen LogP contribution in [0.2, 0.25) is 0 Å². The third-order valence-corrected chi connectivity index (χ3v) is 2.09. The number of carbonyl (C=O) groups excluding carboxylic acids is 2. The Labute approximate surface area is 110 Å². The summed E-state index contributed by atoms with van der Waals surface area (Å²) >= 11 is 0. The molecule has 0 fully saturated rings. The molecule has 6 heteroatoms. The van der Waals surface area contributed by atoms with Gasteiger partial charge in [-0.15, -0.1) is 0 Å². The van der Waals surface area contributed by atoms with Gasteiger partial charge in [0.05, 0.1) is 0 Å². The third kappa shape index (κ3) is 14.9. The molecule has 2 amide bonds. The van der Waals surface area contributed by atoms with Gasteiger partial charge >= 0.3 is 0 Å². The summed E-state index contributed by atoms with van der Waals surface area (Å²) in [5.41, 5.74) is 0. The van der Waals surface area contributed by atoms with Crippen molar-refractivity contribution in [2.24, 2.45) is 0 Å². The van der Waals surface area contributed by atoms with E-state index in [0.717, 1.165) is 13.1 Å². The van der Waals surface area contributed by atoms with Gasteiger partial charge in [-0.1, -0.05) is 13.8 Å². The van der Waals surface area contributed by atoms with Crippen LogP contribution in [-0.4, -0.2) is 52.1 Å². The molecule has 0 bridgehead atoms. The van der Waals surface area contributed by atoms with E-state index in [1.54, 1.807) is 14.1 Å². The van der Waals surface area contributed by atoms with Gasteiger partial charge in [0.2, 0.25) is 11.8 Å². The van der Waals surface area contributed by atoms with Crippen molar-refractivity contribution in [1.82, 2.24) is 21.3 Å². The molecule has 108 valence electrons. The second-order valence-electron chi connectivity index (χ2n) is 3.35. The molecular weight excluding hydrogens is 232 g/mol. The van der Waals surface area contributed by atoms with E-state index >= 15 is 0 Å². The van der Waals surface area contributed by atoms with E-state index in [9.17, 15) is 9.59 Å². The summed E-state index contributed by atoms with van der Waals surface area (Å²) in [6.45, 7) is 6.95. The zero-order chi connectivity index (χ0) is 14.2. The Balaban J connectivity index is 0. The van der Waals surface area contributed by atoms with Crippen LogP contribution in [0.15, 0.2) is 0 Å². The second-order valence-corrected chi connectivity index (χ2v) is 3.35. The largest absolute Gasteiger partial charge is 0.359 e. The van der Waals surface area contributed by atoms with E-state index in [1.165, 1.54) is 0 Å². The second kappa shape index (κ2) is 15.9. The fraction of sp³-hybridized carbons (Fsp3) is 0.833. The lowest BCUT2D eigenvalue weighted by molar-refractivity contribution is -0.121. The Bertz CT molecular complexity index is 188. The van der Waals surface area contributed by atoms with Crippen LogP contribution in [0.1, 0.15) is 26.7 Å². The molecule has 0 saturated carbocycles. The van der Waals surface area contributed by atoms with Crippen LogP contribution in [0.25, 0.3) is 0 Å². The van der Waals surface area contributed by atoms with E-state index < -0.39 is 0 Å². The van der Waals surface area contributed by atoms with Gasteiger partial charge in [-0.3, -0.25) is 9.59 Å². The Morgan fingerprint density at radius 3 is 1.33 bits per heavy atom. The van der Waals surface area contributed by atoms with E-state index in [0.29, 0.717) is 25.9 Å². The summed E-state index contributed by atoms with van der Waals surface area (Å²) in [6.07, 6.45) is 0.990. The minimum Gasteiger partial charge on any atom is -0.359 e. The van der Waals surface area contributed by atoms with Crippen molar-refractivity contribution in [1.29, 1.82) is 0 Å². The molecule has 0 aliphatic carbocycles. The maximum absolute atomic E-state index is 10.8. The van der Waals surface area contributed by atoms with Gasteiger partial charge in [-0.05, 0) is 0 Å². The van der Waals surface area contributed by atoms with Crippen molar-refractivity contribution >= 4 is 11.8 Å². The first-order chi connectivity index (χ1) is 8.70. The Morgan fingerprint density at radius 2 is 1.06 bits per heavy atom. The average molecular weight is 260 g/mol. The molecule has 0 aliphatic heterocycles. The fourth-order valence-corrected chi connectivity index (χ4v) is 1.08. The number of amides is 2. The number of rotatable bonds is 9. The third-order valence-electron chi connectivity index (χ3n) is 2.09. The lowest BCUT2D eigenvalue weighted by atomic mass is 10.4. The zero-order valence-corrected chi connectivity index (χ0v) is 12.1. The molecule has 0 spiro atoms. The minimum atomic E-state index is 0.0417. The number of nitrogens with one attached hydrogen (secondary N) is 4. The normalized spacial score (nSPS) is 9.11. The molecule has 0 saturated heterocycles. The van der Waals surface area contributed by atoms with Gasteiger partial charge < -0.3 is 21.3 Å². The van der Waals surface area contributed by atoms with E-state index in [2.05, 4.69) is 21.3 Å². The predicted octanol–water partition coefficient (Wildman–Crippen LogP) is -0.536. The summed E-state index contributed by atoms with van der Waals surface area (Å²) in [6, 6.07) is 0. The van der Waals surface area contributed by atoms with Crippen molar-refractivity contribution in [3.8, 4) is 0 Å². The van der Waals surface area contributed by atoms with Crippen molar-refractivity contribution in [2.45, 2.75) is 26.7 Å². The monoisotopic (exact) mass is 260 g/mol. The highest BCUT2D eigenvalue weighted by Gasteiger charge is 1.97. The maximum Gasteiger partial charge on any atom is 0.221 e. The van der Waals surface area contributed by atoms with Crippen LogP contribution < -0.4 is 21.3 Å². The van der Waals surface area contributed by atoms with E-state index in [4.69, 9.17) is 0 Å². The van der Waals surface area contributed by atoms with Crippen LogP contribution in [-0.2, 0) is 9.59 Å². The molecule has 0 radical (unpaired) electrons. The molecule has 0 rings (SSSR count). The predicted molar refractivity (Wildman–Crippen MR) is 74.5 cm³/mol. The molecule has 0 aromatic carbocycles. The van der Waals surface area contributed by atoms with Crippen molar-refractivity contribution in [3.05, 3.63) is 0 Å². The zero-order valence-electron chi connectivity index (χ0n) is 12.1. The Hall–Kier alpha value is -1.14. The lowest BCUT2D eigenvalue weighted by Crippen LogP contribution is -2.32. The standard InChI is InChI=1S/C10H22N4O2.C2H6/c1-11-9(15)3-5-13-7-8-14-6-4-10(16)12-2;1-2/h13-14H,3-8H2,1-2H3,(H,11,15)(H,12,16);1-2H3. The van der Waals surface area contributed by atoms with Gasteiger partial charge in [0.15, 0.2) is 0 Å². The SMILES string of the molecule is CC.CNC(=O)CCNCCNCCC(=O)NC. The highest BCUT2D eigenvalue weighted by atomic mass is 16.2. The van der Waals surface area contributed by atoms with Gasteiger partial charge in [0.1, 0.15) is 0 Å². The van der Waals surface area contributed by atoms with Gasteiger partial charge in [-0.25, -0.2) is 0 Å². The van der Waals surface area contributed by atoms with Crippen molar-refractivity contribution < 1.29 is 9.59 Å². The van der Waals surface area contributed by atoms with Gasteiger partial charge in [-0.2, -0.15) is 0 Å². The molecular formula is C12H28N4O2. The van der Waals surface area contributed by atoms with Gasteiger partial charge in [0.25, 0.3) is 0 Å². The van der Waals surface area contributed by atoms with Crippen LogP contribution in [0, 0.1) is 0 Å². The molecule has 0 unspecified atom stereocenters. The molecule has 4 N–H and O–H groups in total. The molecule has 0 heterocycles. The molecule has 0 aromatic rings. The van der Waals surface area contributed by atoms with E-state index in [1.807, 2.05) is 13.8 Å². The number of hydrogen-bond acceptors (Lipinski definition) is 4. The molecule has 0 atom stereocenters. The van der Waals surface area contributed by atoms with E-state index in [-0.39, 0.29) is 11.8 Å². The lowest BCUT2D eigenvalue weighted by Gasteiger charge is -2.05. The summed E-state index contributed by atoms with van der Waals surface area (Å²) in [5.74, 6) is 0.0835. The Kier molecular flexibility index (Phi) is 16.9. The summed E-state index contributed by atoms with van der Waals surface area (Å²) in [7, 11) is 3.26. The maximum atomic E-state index is 10.8. The summed E-state index contributed by atoms with van der Waals surface area (Å²) < 4.78 is 0.